The zero-order valence-electron chi connectivity index (χ0n) is 15.2. The van der Waals surface area contributed by atoms with Crippen molar-refractivity contribution in [3.8, 4) is 18.1 Å². The SMILES string of the molecule is [2H]C#Cc1cccc(Nc2ncnc3cc(C)c(OCCOC)cc23)c1. The average molecular weight is 334 g/mol. The van der Waals surface area contributed by atoms with Crippen LogP contribution in [0.25, 0.3) is 10.9 Å². The first-order chi connectivity index (χ1) is 12.7. The highest BCUT2D eigenvalue weighted by atomic mass is 16.5. The van der Waals surface area contributed by atoms with Crippen LogP contribution in [-0.4, -0.2) is 30.3 Å². The lowest BCUT2D eigenvalue weighted by atomic mass is 10.1. The third-order valence-electron chi connectivity index (χ3n) is 3.75. The van der Waals surface area contributed by atoms with Crippen molar-refractivity contribution in [1.82, 2.24) is 9.97 Å². The highest BCUT2D eigenvalue weighted by Crippen LogP contribution is 2.29. The number of nitrogens with one attached hydrogen (secondary N) is 1. The Balaban J connectivity index is 1.95. The van der Waals surface area contributed by atoms with E-state index < -0.39 is 0 Å². The summed E-state index contributed by atoms with van der Waals surface area (Å²) >= 11 is 0. The van der Waals surface area contributed by atoms with Crippen LogP contribution in [0.3, 0.4) is 0 Å². The molecule has 1 N–H and O–H groups in total. The van der Waals surface area contributed by atoms with Crippen molar-refractivity contribution in [1.29, 1.82) is 0 Å². The van der Waals surface area contributed by atoms with Crippen molar-refractivity contribution < 1.29 is 10.8 Å². The fourth-order valence-corrected chi connectivity index (χ4v) is 2.49. The van der Waals surface area contributed by atoms with E-state index in [1.807, 2.05) is 43.3 Å². The van der Waals surface area contributed by atoms with Gasteiger partial charge in [-0.3, -0.25) is 0 Å². The van der Waals surface area contributed by atoms with Crippen molar-refractivity contribution in [2.24, 2.45) is 0 Å². The molecule has 3 aromatic rings. The Morgan fingerprint density at radius 1 is 1.24 bits per heavy atom. The van der Waals surface area contributed by atoms with Gasteiger partial charge < -0.3 is 14.8 Å². The molecule has 3 rings (SSSR count). The topological polar surface area (TPSA) is 56.3 Å². The number of hydrogen-bond acceptors (Lipinski definition) is 5. The Labute approximate surface area is 148 Å². The monoisotopic (exact) mass is 334 g/mol. The molecule has 0 fully saturated rings. The van der Waals surface area contributed by atoms with Gasteiger partial charge in [0.25, 0.3) is 0 Å². The summed E-state index contributed by atoms with van der Waals surface area (Å²) in [5, 5.41) is 4.16. The van der Waals surface area contributed by atoms with Crippen molar-refractivity contribution in [2.75, 3.05) is 25.6 Å². The summed E-state index contributed by atoms with van der Waals surface area (Å²) in [6, 6.07) is 11.5. The number of terminal acetylenes is 1. The Morgan fingerprint density at radius 2 is 2.16 bits per heavy atom. The third kappa shape index (κ3) is 3.87. The quantitative estimate of drug-likeness (QED) is 0.550. The molecule has 5 heteroatoms. The van der Waals surface area contributed by atoms with E-state index in [1.165, 1.54) is 6.33 Å². The molecule has 0 atom stereocenters. The number of aryl methyl sites for hydroxylation is 1. The number of rotatable bonds is 6. The van der Waals surface area contributed by atoms with E-state index >= 15 is 0 Å². The molecule has 126 valence electrons. The van der Waals surface area contributed by atoms with Crippen LogP contribution in [0.5, 0.6) is 5.75 Å². The Morgan fingerprint density at radius 3 is 3.00 bits per heavy atom. The number of nitrogens with zero attached hydrogens (tertiary/aromatic N) is 2. The number of hydrogen-bond donors (Lipinski definition) is 1. The summed E-state index contributed by atoms with van der Waals surface area (Å²) in [5.74, 6) is 4.19. The average Bonchev–Trinajstić information content (AvgIpc) is 2.63. The molecule has 0 aliphatic rings. The lowest BCUT2D eigenvalue weighted by Gasteiger charge is -2.13. The maximum Gasteiger partial charge on any atom is 0.141 e. The molecule has 5 nitrogen and oxygen atoms in total. The van der Waals surface area contributed by atoms with E-state index in [0.717, 1.165) is 33.5 Å². The maximum absolute atomic E-state index is 7.03. The Hall–Kier alpha value is -3.10. The second kappa shape index (κ2) is 7.65. The summed E-state index contributed by atoms with van der Waals surface area (Å²) in [5.41, 5.74) is 3.45. The van der Waals surface area contributed by atoms with E-state index in [1.54, 1.807) is 7.11 Å². The normalized spacial score (nSPS) is 10.7. The van der Waals surface area contributed by atoms with Crippen molar-refractivity contribution in [3.05, 3.63) is 53.9 Å². The molecule has 0 unspecified atom stereocenters. The van der Waals surface area contributed by atoms with E-state index in [9.17, 15) is 0 Å². The maximum atomic E-state index is 7.03. The molecule has 0 aliphatic carbocycles. The smallest absolute Gasteiger partial charge is 0.141 e. The van der Waals surface area contributed by atoms with Crippen LogP contribution in [-0.2, 0) is 4.74 Å². The molecular formula is C20H19N3O2. The first kappa shape index (κ1) is 15.4. The first-order valence-corrected chi connectivity index (χ1v) is 7.88. The second-order valence-corrected chi connectivity index (χ2v) is 5.53. The molecule has 1 heterocycles. The van der Waals surface area contributed by atoms with Crippen molar-refractivity contribution in [2.45, 2.75) is 6.92 Å². The van der Waals surface area contributed by atoms with Gasteiger partial charge in [0, 0.05) is 23.7 Å². The predicted octanol–water partition coefficient (Wildman–Crippen LogP) is 3.69. The highest BCUT2D eigenvalue weighted by Gasteiger charge is 2.09. The number of aromatic nitrogens is 2. The summed E-state index contributed by atoms with van der Waals surface area (Å²) in [4.78, 5) is 8.72. The van der Waals surface area contributed by atoms with Gasteiger partial charge in [0.05, 0.1) is 12.1 Å². The highest BCUT2D eigenvalue weighted by molar-refractivity contribution is 5.92. The van der Waals surface area contributed by atoms with Gasteiger partial charge in [0.15, 0.2) is 0 Å². The van der Waals surface area contributed by atoms with Crippen LogP contribution in [0, 0.1) is 19.2 Å². The number of ether oxygens (including phenoxy) is 2. The fraction of sp³-hybridized carbons (Fsp3) is 0.200. The molecule has 2 aromatic carbocycles. The number of benzene rings is 2. The molecule has 0 spiro atoms. The van der Waals surface area contributed by atoms with E-state index in [-0.39, 0.29) is 0 Å². The summed E-state index contributed by atoms with van der Waals surface area (Å²) in [6.45, 7) is 2.99. The molecule has 0 aliphatic heterocycles. The first-order valence-electron chi connectivity index (χ1n) is 8.38. The number of anilines is 2. The predicted molar refractivity (Wildman–Crippen MR) is 99.3 cm³/mol. The largest absolute Gasteiger partial charge is 0.491 e. The molecule has 25 heavy (non-hydrogen) atoms. The molecule has 0 saturated heterocycles. The minimum atomic E-state index is 0.479. The van der Waals surface area contributed by atoms with Gasteiger partial charge in [-0.25, -0.2) is 9.97 Å². The third-order valence-corrected chi connectivity index (χ3v) is 3.75. The zero-order valence-corrected chi connectivity index (χ0v) is 14.2. The van der Waals surface area contributed by atoms with Crippen molar-refractivity contribution in [3.63, 3.8) is 0 Å². The van der Waals surface area contributed by atoms with Gasteiger partial charge in [-0.15, -0.1) is 6.40 Å². The summed E-state index contributed by atoms with van der Waals surface area (Å²) in [6.07, 6.45) is 3.69. The molecule has 0 radical (unpaired) electrons. The Bertz CT molecular complexity index is 980. The van der Waals surface area contributed by atoms with Gasteiger partial charge >= 0.3 is 0 Å². The zero-order chi connectivity index (χ0) is 18.4. The molecule has 0 amide bonds. The molecule has 1 aromatic heterocycles. The van der Waals surface area contributed by atoms with Crippen LogP contribution in [0.2, 0.25) is 0 Å². The molecule has 0 saturated carbocycles. The summed E-state index contributed by atoms with van der Waals surface area (Å²) < 4.78 is 17.9. The standard InChI is InChI=1S/C20H19N3O2/c1-4-15-6-5-7-16(11-15)23-20-17-12-19(25-9-8-24-3)14(2)10-18(17)21-13-22-20/h1,5-7,10-13H,8-9H2,2-3H3,(H,21,22,23)/i1D. The fourth-order valence-electron chi connectivity index (χ4n) is 2.49. The minimum Gasteiger partial charge on any atom is -0.491 e. The Kier molecular flexibility index (Phi) is 4.72. The molecular weight excluding hydrogens is 314 g/mol. The van der Waals surface area contributed by atoms with Crippen LogP contribution in [0.1, 0.15) is 12.5 Å². The molecule has 0 bridgehead atoms. The van der Waals surface area contributed by atoms with Crippen molar-refractivity contribution >= 4 is 22.4 Å². The number of methoxy groups -OCH3 is 1. The van der Waals surface area contributed by atoms with Crippen LogP contribution >= 0.6 is 0 Å². The van der Waals surface area contributed by atoms with Crippen LogP contribution in [0.15, 0.2) is 42.7 Å². The summed E-state index contributed by atoms with van der Waals surface area (Å²) in [7, 11) is 1.64. The van der Waals surface area contributed by atoms with Gasteiger partial charge in [-0.05, 0) is 42.8 Å². The minimum absolute atomic E-state index is 0.479. The lowest BCUT2D eigenvalue weighted by Crippen LogP contribution is -2.05. The van der Waals surface area contributed by atoms with Gasteiger partial charge in [0.2, 0.25) is 0 Å². The van der Waals surface area contributed by atoms with E-state index in [4.69, 9.17) is 10.8 Å². The van der Waals surface area contributed by atoms with Crippen LogP contribution in [0.4, 0.5) is 11.5 Å². The van der Waals surface area contributed by atoms with Gasteiger partial charge in [0.1, 0.15) is 25.9 Å². The van der Waals surface area contributed by atoms with E-state index in [2.05, 4.69) is 27.6 Å². The lowest BCUT2D eigenvalue weighted by molar-refractivity contribution is 0.146. The van der Waals surface area contributed by atoms with Gasteiger partial charge in [-0.2, -0.15) is 0 Å². The van der Waals surface area contributed by atoms with E-state index in [0.29, 0.717) is 19.0 Å². The number of fused-ring (bicyclic) bond motifs is 1. The van der Waals surface area contributed by atoms with Gasteiger partial charge in [-0.1, -0.05) is 12.0 Å². The second-order valence-electron chi connectivity index (χ2n) is 5.53. The van der Waals surface area contributed by atoms with Crippen LogP contribution < -0.4 is 10.1 Å².